The molecular formula is C13H10ClNO3S2. The van der Waals surface area contributed by atoms with Crippen molar-refractivity contribution < 1.29 is 14.7 Å². The van der Waals surface area contributed by atoms with Gasteiger partial charge in [0.15, 0.2) is 0 Å². The van der Waals surface area contributed by atoms with Crippen LogP contribution in [0.5, 0.6) is 0 Å². The van der Waals surface area contributed by atoms with Crippen LogP contribution in [0, 0.1) is 0 Å². The molecule has 1 saturated heterocycles. The van der Waals surface area contributed by atoms with Crippen LogP contribution >= 0.6 is 35.6 Å². The highest BCUT2D eigenvalue weighted by Gasteiger charge is 2.38. The molecule has 2 rings (SSSR count). The number of halogens is 1. The molecule has 20 heavy (non-hydrogen) atoms. The van der Waals surface area contributed by atoms with Gasteiger partial charge in [0.05, 0.1) is 4.91 Å². The highest BCUT2D eigenvalue weighted by Crippen LogP contribution is 2.34. The molecule has 0 aromatic heterocycles. The van der Waals surface area contributed by atoms with Gasteiger partial charge in [-0.05, 0) is 30.7 Å². The number of carboxylic acid groups (broad SMARTS) is 1. The van der Waals surface area contributed by atoms with Crippen molar-refractivity contribution in [3.8, 4) is 0 Å². The van der Waals surface area contributed by atoms with Crippen LogP contribution in [0.25, 0.3) is 6.08 Å². The van der Waals surface area contributed by atoms with Crippen LogP contribution in [0.15, 0.2) is 29.2 Å². The SMILES string of the molecule is CC(C(=O)O)N1C(=O)C(=Cc2ccc(Cl)cc2)SC1=S. The molecule has 4 nitrogen and oxygen atoms in total. The standard InChI is InChI=1S/C13H10ClNO3S2/c1-7(12(17)18)15-11(16)10(20-13(15)19)6-8-2-4-9(14)5-3-8/h2-7H,1H3,(H,17,18). The van der Waals surface area contributed by atoms with Crippen LogP contribution in [0.2, 0.25) is 5.02 Å². The van der Waals surface area contributed by atoms with E-state index in [-0.39, 0.29) is 10.2 Å². The van der Waals surface area contributed by atoms with Gasteiger partial charge in [-0.3, -0.25) is 9.69 Å². The van der Waals surface area contributed by atoms with Gasteiger partial charge in [-0.15, -0.1) is 0 Å². The lowest BCUT2D eigenvalue weighted by molar-refractivity contribution is -0.144. The Morgan fingerprint density at radius 2 is 2.05 bits per heavy atom. The zero-order valence-corrected chi connectivity index (χ0v) is 12.8. The maximum Gasteiger partial charge on any atom is 0.326 e. The second-order valence-electron chi connectivity index (χ2n) is 4.12. The molecular weight excluding hydrogens is 318 g/mol. The van der Waals surface area contributed by atoms with Gasteiger partial charge in [-0.1, -0.05) is 47.7 Å². The molecule has 1 aromatic rings. The summed E-state index contributed by atoms with van der Waals surface area (Å²) >= 11 is 12.0. The number of benzene rings is 1. The minimum Gasteiger partial charge on any atom is -0.480 e. The van der Waals surface area contributed by atoms with Crippen molar-refractivity contribution in [2.45, 2.75) is 13.0 Å². The summed E-state index contributed by atoms with van der Waals surface area (Å²) in [4.78, 5) is 24.7. The molecule has 1 aliphatic rings. The smallest absolute Gasteiger partial charge is 0.326 e. The van der Waals surface area contributed by atoms with E-state index in [9.17, 15) is 9.59 Å². The van der Waals surface area contributed by atoms with Gasteiger partial charge in [0, 0.05) is 5.02 Å². The number of carboxylic acids is 1. The molecule has 1 aromatic carbocycles. The van der Waals surface area contributed by atoms with Crippen molar-refractivity contribution in [1.82, 2.24) is 4.90 Å². The Hall–Kier alpha value is -1.37. The van der Waals surface area contributed by atoms with E-state index in [1.54, 1.807) is 30.3 Å². The van der Waals surface area contributed by atoms with Gasteiger partial charge < -0.3 is 5.11 Å². The van der Waals surface area contributed by atoms with Crippen molar-refractivity contribution in [2.75, 3.05) is 0 Å². The van der Waals surface area contributed by atoms with Crippen LogP contribution in [0.4, 0.5) is 0 Å². The lowest BCUT2D eigenvalue weighted by Gasteiger charge is -2.18. The monoisotopic (exact) mass is 327 g/mol. The average molecular weight is 328 g/mol. The Kier molecular flexibility index (Phi) is 4.47. The second-order valence-corrected chi connectivity index (χ2v) is 6.23. The van der Waals surface area contributed by atoms with Gasteiger partial charge in [0.25, 0.3) is 5.91 Å². The number of aliphatic carboxylic acids is 1. The Labute approximate surface area is 130 Å². The molecule has 0 spiro atoms. The fourth-order valence-electron chi connectivity index (χ4n) is 1.63. The first kappa shape index (κ1) is 15.0. The summed E-state index contributed by atoms with van der Waals surface area (Å²) in [5.74, 6) is -1.47. The molecule has 1 heterocycles. The largest absolute Gasteiger partial charge is 0.480 e. The molecule has 1 amide bonds. The van der Waals surface area contributed by atoms with Gasteiger partial charge in [-0.2, -0.15) is 0 Å². The Bertz CT molecular complexity index is 613. The van der Waals surface area contributed by atoms with Gasteiger partial charge in [0.1, 0.15) is 10.4 Å². The van der Waals surface area contributed by atoms with E-state index in [2.05, 4.69) is 0 Å². The third-order valence-corrected chi connectivity index (χ3v) is 4.32. The average Bonchev–Trinajstić information content (AvgIpc) is 2.66. The minimum absolute atomic E-state index is 0.255. The zero-order valence-electron chi connectivity index (χ0n) is 10.4. The minimum atomic E-state index is -1.09. The maximum absolute atomic E-state index is 12.2. The van der Waals surface area contributed by atoms with E-state index in [1.807, 2.05) is 0 Å². The number of nitrogens with zero attached hydrogens (tertiary/aromatic N) is 1. The predicted octanol–water partition coefficient (Wildman–Crippen LogP) is 3.01. The van der Waals surface area contributed by atoms with Crippen molar-refractivity contribution in [3.05, 3.63) is 39.8 Å². The van der Waals surface area contributed by atoms with E-state index in [0.717, 1.165) is 22.2 Å². The summed E-state index contributed by atoms with van der Waals surface area (Å²) < 4.78 is 0.255. The van der Waals surface area contributed by atoms with Crippen LogP contribution in [0.3, 0.4) is 0 Å². The lowest BCUT2D eigenvalue weighted by Crippen LogP contribution is -2.41. The van der Waals surface area contributed by atoms with Crippen molar-refractivity contribution in [3.63, 3.8) is 0 Å². The molecule has 1 fully saturated rings. The zero-order chi connectivity index (χ0) is 14.9. The highest BCUT2D eigenvalue weighted by molar-refractivity contribution is 8.26. The fraction of sp³-hybridized carbons (Fsp3) is 0.154. The molecule has 0 radical (unpaired) electrons. The summed E-state index contributed by atoms with van der Waals surface area (Å²) in [6.45, 7) is 1.43. The van der Waals surface area contributed by atoms with Gasteiger partial charge >= 0.3 is 5.97 Å². The summed E-state index contributed by atoms with van der Waals surface area (Å²) in [5.41, 5.74) is 0.804. The summed E-state index contributed by atoms with van der Waals surface area (Å²) in [5, 5.41) is 9.59. The molecule has 0 saturated carbocycles. The number of rotatable bonds is 3. The summed E-state index contributed by atoms with van der Waals surface area (Å²) in [7, 11) is 0. The Morgan fingerprint density at radius 1 is 1.45 bits per heavy atom. The van der Waals surface area contributed by atoms with Crippen LogP contribution in [0.1, 0.15) is 12.5 Å². The van der Waals surface area contributed by atoms with E-state index in [0.29, 0.717) is 9.93 Å². The van der Waals surface area contributed by atoms with E-state index in [1.165, 1.54) is 6.92 Å². The van der Waals surface area contributed by atoms with Gasteiger partial charge in [0.2, 0.25) is 0 Å². The molecule has 1 N–H and O–H groups in total. The van der Waals surface area contributed by atoms with E-state index < -0.39 is 12.0 Å². The molecule has 1 atom stereocenters. The topological polar surface area (TPSA) is 57.6 Å². The Balaban J connectivity index is 2.28. The third kappa shape index (κ3) is 3.03. The van der Waals surface area contributed by atoms with E-state index in [4.69, 9.17) is 28.9 Å². The van der Waals surface area contributed by atoms with Crippen LogP contribution in [-0.4, -0.2) is 32.2 Å². The predicted molar refractivity (Wildman–Crippen MR) is 83.6 cm³/mol. The van der Waals surface area contributed by atoms with Crippen molar-refractivity contribution in [1.29, 1.82) is 0 Å². The number of carbonyl (C=O) groups excluding carboxylic acids is 1. The lowest BCUT2D eigenvalue weighted by atomic mass is 10.2. The van der Waals surface area contributed by atoms with Crippen LogP contribution in [-0.2, 0) is 9.59 Å². The normalized spacial score (nSPS) is 18.7. The number of thioether (sulfide) groups is 1. The molecule has 104 valence electrons. The van der Waals surface area contributed by atoms with Crippen LogP contribution < -0.4 is 0 Å². The molecule has 0 aliphatic carbocycles. The summed E-state index contributed by atoms with van der Waals surface area (Å²) in [6.07, 6.45) is 1.67. The molecule has 1 unspecified atom stereocenters. The summed E-state index contributed by atoms with van der Waals surface area (Å²) in [6, 6.07) is 6.01. The first-order valence-corrected chi connectivity index (χ1v) is 7.26. The number of thiocarbonyl (C=S) groups is 1. The second kappa shape index (κ2) is 5.95. The fourth-order valence-corrected chi connectivity index (χ4v) is 3.18. The van der Waals surface area contributed by atoms with E-state index >= 15 is 0 Å². The number of hydrogen-bond acceptors (Lipinski definition) is 4. The Morgan fingerprint density at radius 3 is 2.60 bits per heavy atom. The number of amides is 1. The quantitative estimate of drug-likeness (QED) is 0.683. The number of hydrogen-bond donors (Lipinski definition) is 1. The molecule has 1 aliphatic heterocycles. The number of carbonyl (C=O) groups is 2. The van der Waals surface area contributed by atoms with Crippen molar-refractivity contribution >= 4 is 57.9 Å². The maximum atomic E-state index is 12.2. The first-order valence-electron chi connectivity index (χ1n) is 5.65. The first-order chi connectivity index (χ1) is 9.40. The third-order valence-electron chi connectivity index (χ3n) is 2.74. The molecule has 0 bridgehead atoms. The highest BCUT2D eigenvalue weighted by atomic mass is 35.5. The van der Waals surface area contributed by atoms with Crippen molar-refractivity contribution in [2.24, 2.45) is 0 Å². The molecule has 7 heteroatoms. The van der Waals surface area contributed by atoms with Gasteiger partial charge in [-0.25, -0.2) is 4.79 Å².